The van der Waals surface area contributed by atoms with Gasteiger partial charge in [0.25, 0.3) is 5.91 Å². The van der Waals surface area contributed by atoms with Crippen molar-refractivity contribution in [3.05, 3.63) is 91.8 Å². The van der Waals surface area contributed by atoms with Gasteiger partial charge in [0.05, 0.1) is 30.4 Å². The maximum absolute atomic E-state index is 12.9. The second kappa shape index (κ2) is 11.9. The molecule has 1 amide bonds. The highest BCUT2D eigenvalue weighted by Gasteiger charge is 2.30. The lowest BCUT2D eigenvalue weighted by atomic mass is 10.1. The van der Waals surface area contributed by atoms with E-state index in [1.54, 1.807) is 44.5 Å². The highest BCUT2D eigenvalue weighted by atomic mass is 79.9. The topological polar surface area (TPSA) is 77.4 Å². The monoisotopic (exact) mass is 600 g/mol. The number of amidine groups is 1. The van der Waals surface area contributed by atoms with Crippen LogP contribution < -0.4 is 9.47 Å². The predicted octanol–water partition coefficient (Wildman–Crippen LogP) is 6.71. The van der Waals surface area contributed by atoms with Crippen molar-refractivity contribution < 1.29 is 23.8 Å². The van der Waals surface area contributed by atoms with Crippen LogP contribution >= 0.6 is 39.3 Å². The fraction of sp³-hybridized carbons (Fsp3) is 0.148. The molecule has 1 heterocycles. The summed E-state index contributed by atoms with van der Waals surface area (Å²) in [6.45, 7) is 0.347. The van der Waals surface area contributed by atoms with Gasteiger partial charge in [-0.2, -0.15) is 0 Å². The van der Waals surface area contributed by atoms with Crippen LogP contribution in [0.1, 0.15) is 21.5 Å². The minimum Gasteiger partial charge on any atom is -0.493 e. The van der Waals surface area contributed by atoms with Gasteiger partial charge in [-0.15, -0.1) is 0 Å². The molecule has 0 spiro atoms. The Hall–Kier alpha value is -3.27. The standard InChI is InChI=1S/C27H22BrClN2O5S/c1-31-25(32)24(37-27(31)30-20-10-6-17(7-11-20)26(33)35-3)13-18-12-22(34-2)23(14-21(18)28)36-15-16-4-8-19(29)9-5-16/h4-14H,15H2,1-3H3/b24-13-,30-27?. The average Bonchev–Trinajstić information content (AvgIpc) is 3.17. The molecular weight excluding hydrogens is 580 g/mol. The Labute approximate surface area is 232 Å². The summed E-state index contributed by atoms with van der Waals surface area (Å²) in [5, 5.41) is 1.18. The molecule has 0 atom stereocenters. The van der Waals surface area contributed by atoms with Gasteiger partial charge < -0.3 is 14.2 Å². The van der Waals surface area contributed by atoms with E-state index in [0.717, 1.165) is 15.6 Å². The Balaban J connectivity index is 1.54. The van der Waals surface area contributed by atoms with E-state index in [4.69, 9.17) is 25.8 Å². The molecule has 0 aliphatic carbocycles. The normalized spacial score (nSPS) is 15.4. The molecule has 7 nitrogen and oxygen atoms in total. The summed E-state index contributed by atoms with van der Waals surface area (Å²) in [6, 6.07) is 17.7. The van der Waals surface area contributed by atoms with Gasteiger partial charge in [-0.25, -0.2) is 9.79 Å². The molecule has 1 aliphatic heterocycles. The summed E-state index contributed by atoms with van der Waals surface area (Å²) >= 11 is 10.8. The number of benzene rings is 3. The van der Waals surface area contributed by atoms with Crippen molar-refractivity contribution in [1.29, 1.82) is 0 Å². The summed E-state index contributed by atoms with van der Waals surface area (Å²) in [5.41, 5.74) is 2.76. The number of ether oxygens (including phenoxy) is 3. The number of carbonyl (C=O) groups excluding carboxylic acids is 2. The number of methoxy groups -OCH3 is 2. The van der Waals surface area contributed by atoms with Gasteiger partial charge in [-0.3, -0.25) is 9.69 Å². The summed E-state index contributed by atoms with van der Waals surface area (Å²) in [5.74, 6) is 0.497. The first-order valence-electron chi connectivity index (χ1n) is 11.0. The highest BCUT2D eigenvalue weighted by molar-refractivity contribution is 9.10. The van der Waals surface area contributed by atoms with Crippen molar-refractivity contribution >= 4 is 68.1 Å². The van der Waals surface area contributed by atoms with Crippen LogP contribution in [0.5, 0.6) is 11.5 Å². The zero-order valence-electron chi connectivity index (χ0n) is 20.2. The van der Waals surface area contributed by atoms with E-state index in [2.05, 4.69) is 20.9 Å². The fourth-order valence-electron chi connectivity index (χ4n) is 3.37. The van der Waals surface area contributed by atoms with Crippen molar-refractivity contribution in [2.75, 3.05) is 21.3 Å². The van der Waals surface area contributed by atoms with E-state index < -0.39 is 5.97 Å². The smallest absolute Gasteiger partial charge is 0.337 e. The zero-order valence-corrected chi connectivity index (χ0v) is 23.3. The molecule has 0 N–H and O–H groups in total. The van der Waals surface area contributed by atoms with Crippen LogP contribution in [0.15, 0.2) is 75.0 Å². The first-order chi connectivity index (χ1) is 17.8. The number of hydrogen-bond donors (Lipinski definition) is 0. The Morgan fingerprint density at radius 3 is 2.43 bits per heavy atom. The summed E-state index contributed by atoms with van der Waals surface area (Å²) in [4.78, 5) is 31.1. The Morgan fingerprint density at radius 1 is 1.08 bits per heavy atom. The van der Waals surface area contributed by atoms with Crippen molar-refractivity contribution in [1.82, 2.24) is 4.90 Å². The first-order valence-corrected chi connectivity index (χ1v) is 13.0. The van der Waals surface area contributed by atoms with Crippen molar-refractivity contribution in [3.63, 3.8) is 0 Å². The van der Waals surface area contributed by atoms with Crippen molar-refractivity contribution in [2.24, 2.45) is 4.99 Å². The number of esters is 1. The number of aliphatic imine (C=N–C) groups is 1. The fourth-order valence-corrected chi connectivity index (χ4v) is 4.91. The molecule has 1 saturated heterocycles. The van der Waals surface area contributed by atoms with E-state index in [0.29, 0.717) is 44.5 Å². The minimum absolute atomic E-state index is 0.177. The minimum atomic E-state index is -0.422. The number of rotatable bonds is 7. The average molecular weight is 602 g/mol. The third-order valence-corrected chi connectivity index (χ3v) is 7.39. The first kappa shape index (κ1) is 26.8. The number of hydrogen-bond acceptors (Lipinski definition) is 7. The second-order valence-electron chi connectivity index (χ2n) is 7.85. The van der Waals surface area contributed by atoms with Crippen LogP contribution in [-0.2, 0) is 16.1 Å². The number of carbonyl (C=O) groups is 2. The molecule has 4 rings (SSSR count). The van der Waals surface area contributed by atoms with Gasteiger partial charge in [-0.05, 0) is 77.5 Å². The molecule has 190 valence electrons. The number of amides is 1. The molecule has 3 aromatic rings. The molecule has 0 saturated carbocycles. The van der Waals surface area contributed by atoms with Crippen LogP contribution in [0, 0.1) is 0 Å². The quantitative estimate of drug-likeness (QED) is 0.221. The van der Waals surface area contributed by atoms with E-state index in [1.165, 1.54) is 23.8 Å². The highest BCUT2D eigenvalue weighted by Crippen LogP contribution is 2.38. The molecule has 1 fully saturated rings. The molecule has 0 bridgehead atoms. The third kappa shape index (κ3) is 6.36. The Bertz CT molecular complexity index is 1390. The lowest BCUT2D eigenvalue weighted by Gasteiger charge is -2.13. The molecule has 0 aromatic heterocycles. The van der Waals surface area contributed by atoms with Gasteiger partial charge >= 0.3 is 5.97 Å². The van der Waals surface area contributed by atoms with Crippen LogP contribution in [0.4, 0.5) is 5.69 Å². The summed E-state index contributed by atoms with van der Waals surface area (Å²) in [7, 11) is 4.56. The van der Waals surface area contributed by atoms with E-state index in [9.17, 15) is 9.59 Å². The van der Waals surface area contributed by atoms with Gasteiger partial charge in [0.1, 0.15) is 6.61 Å². The predicted molar refractivity (Wildman–Crippen MR) is 150 cm³/mol. The number of thioether (sulfide) groups is 1. The van der Waals surface area contributed by atoms with Gasteiger partial charge in [0.15, 0.2) is 16.7 Å². The molecule has 0 unspecified atom stereocenters. The Morgan fingerprint density at radius 2 is 1.78 bits per heavy atom. The maximum Gasteiger partial charge on any atom is 0.337 e. The van der Waals surface area contributed by atoms with Crippen molar-refractivity contribution in [3.8, 4) is 11.5 Å². The van der Waals surface area contributed by atoms with Crippen LogP contribution in [-0.4, -0.2) is 43.2 Å². The van der Waals surface area contributed by atoms with Crippen LogP contribution in [0.2, 0.25) is 5.02 Å². The number of nitrogens with zero attached hydrogens (tertiary/aromatic N) is 2. The molecule has 37 heavy (non-hydrogen) atoms. The zero-order chi connectivity index (χ0) is 26.5. The molecule has 1 aliphatic rings. The molecular formula is C27H22BrClN2O5S. The lowest BCUT2D eigenvalue weighted by Crippen LogP contribution is -2.23. The Kier molecular flexibility index (Phi) is 8.58. The van der Waals surface area contributed by atoms with E-state index in [-0.39, 0.29) is 5.91 Å². The van der Waals surface area contributed by atoms with E-state index >= 15 is 0 Å². The van der Waals surface area contributed by atoms with Crippen molar-refractivity contribution in [2.45, 2.75) is 6.61 Å². The van der Waals surface area contributed by atoms with Gasteiger partial charge in [-0.1, -0.05) is 39.7 Å². The molecule has 0 radical (unpaired) electrons. The van der Waals surface area contributed by atoms with E-state index in [1.807, 2.05) is 36.4 Å². The van der Waals surface area contributed by atoms with Gasteiger partial charge in [0, 0.05) is 16.5 Å². The lowest BCUT2D eigenvalue weighted by molar-refractivity contribution is -0.121. The second-order valence-corrected chi connectivity index (χ2v) is 10.1. The largest absolute Gasteiger partial charge is 0.493 e. The maximum atomic E-state index is 12.9. The molecule has 10 heteroatoms. The SMILES string of the molecule is COC(=O)c1ccc(N=C2S/C(=C\c3cc(OC)c(OCc4ccc(Cl)cc4)cc3Br)C(=O)N2C)cc1. The summed E-state index contributed by atoms with van der Waals surface area (Å²) in [6.07, 6.45) is 1.78. The number of likely N-dealkylation sites (N-methyl/N-ethyl adjacent to an activating group) is 1. The number of halogens is 2. The third-order valence-electron chi connectivity index (χ3n) is 5.39. The van der Waals surface area contributed by atoms with Gasteiger partial charge in [0.2, 0.25) is 0 Å². The van der Waals surface area contributed by atoms with Crippen LogP contribution in [0.3, 0.4) is 0 Å². The molecule has 3 aromatic carbocycles. The van der Waals surface area contributed by atoms with Crippen LogP contribution in [0.25, 0.3) is 6.08 Å². The summed E-state index contributed by atoms with van der Waals surface area (Å²) < 4.78 is 17.0.